The van der Waals surface area contributed by atoms with E-state index in [1.54, 1.807) is 16.9 Å². The number of carbonyl (C=O) groups is 2. The molecule has 1 aliphatic heterocycles. The van der Waals surface area contributed by atoms with Gasteiger partial charge in [0.25, 0.3) is 5.91 Å². The van der Waals surface area contributed by atoms with Crippen molar-refractivity contribution in [2.75, 3.05) is 6.54 Å². The SMILES string of the molecule is O=C(NC(c1cn2ncc(CC3CCNC3=O)cc2n1)C1CCC(F)(F)CC1)c1nonc1C1CC1. The van der Waals surface area contributed by atoms with Crippen LogP contribution in [0.2, 0.25) is 0 Å². The molecule has 2 aliphatic carbocycles. The summed E-state index contributed by atoms with van der Waals surface area (Å²) in [5.74, 6) is -3.23. The monoisotopic (exact) mass is 499 g/mol. The molecule has 0 spiro atoms. The highest BCUT2D eigenvalue weighted by molar-refractivity contribution is 5.93. The summed E-state index contributed by atoms with van der Waals surface area (Å²) in [7, 11) is 0. The number of nitrogens with zero attached hydrogens (tertiary/aromatic N) is 5. The van der Waals surface area contributed by atoms with Gasteiger partial charge in [0.1, 0.15) is 5.69 Å². The van der Waals surface area contributed by atoms with Crippen LogP contribution in [0.5, 0.6) is 0 Å². The lowest BCUT2D eigenvalue weighted by Crippen LogP contribution is -2.37. The largest absolute Gasteiger partial charge is 0.356 e. The second-order valence-electron chi connectivity index (χ2n) is 10.2. The fourth-order valence-corrected chi connectivity index (χ4v) is 5.34. The number of rotatable bonds is 7. The molecule has 3 aliphatic rings. The van der Waals surface area contributed by atoms with Gasteiger partial charge >= 0.3 is 0 Å². The van der Waals surface area contributed by atoms with Crippen LogP contribution in [0, 0.1) is 11.8 Å². The van der Waals surface area contributed by atoms with Crippen LogP contribution in [-0.2, 0) is 11.2 Å². The van der Waals surface area contributed by atoms with Gasteiger partial charge in [-0.15, -0.1) is 0 Å². The molecule has 2 unspecified atom stereocenters. The van der Waals surface area contributed by atoms with Crippen molar-refractivity contribution in [1.82, 2.24) is 35.5 Å². The summed E-state index contributed by atoms with van der Waals surface area (Å²) < 4.78 is 34.3. The van der Waals surface area contributed by atoms with Crippen LogP contribution in [0.1, 0.15) is 84.3 Å². The molecule has 6 rings (SSSR count). The van der Waals surface area contributed by atoms with Crippen molar-refractivity contribution < 1.29 is 23.0 Å². The Morgan fingerprint density at radius 3 is 2.75 bits per heavy atom. The average molecular weight is 500 g/mol. The van der Waals surface area contributed by atoms with E-state index in [1.165, 1.54) is 0 Å². The Kier molecular flexibility index (Phi) is 5.68. The molecule has 3 aromatic rings. The molecule has 0 radical (unpaired) electrons. The minimum atomic E-state index is -2.69. The predicted molar refractivity (Wildman–Crippen MR) is 121 cm³/mol. The minimum Gasteiger partial charge on any atom is -0.356 e. The number of hydrogen-bond donors (Lipinski definition) is 2. The van der Waals surface area contributed by atoms with Gasteiger partial charge in [0.05, 0.1) is 24.1 Å². The number of alkyl halides is 2. The summed E-state index contributed by atoms with van der Waals surface area (Å²) in [5.41, 5.74) is 2.69. The maximum absolute atomic E-state index is 13.9. The molecule has 4 heterocycles. The maximum atomic E-state index is 13.9. The van der Waals surface area contributed by atoms with Crippen LogP contribution in [0.25, 0.3) is 5.65 Å². The molecule has 0 bridgehead atoms. The Bertz CT molecular complexity index is 1290. The molecule has 2 saturated carbocycles. The first kappa shape index (κ1) is 23.0. The Balaban J connectivity index is 1.27. The van der Waals surface area contributed by atoms with Crippen LogP contribution < -0.4 is 10.6 Å². The van der Waals surface area contributed by atoms with E-state index >= 15 is 0 Å². The second kappa shape index (κ2) is 8.90. The normalized spacial score (nSPS) is 23.1. The lowest BCUT2D eigenvalue weighted by atomic mass is 9.81. The molecule has 12 heteroatoms. The highest BCUT2D eigenvalue weighted by Crippen LogP contribution is 2.42. The summed E-state index contributed by atoms with van der Waals surface area (Å²) >= 11 is 0. The van der Waals surface area contributed by atoms with Gasteiger partial charge in [-0.3, -0.25) is 9.59 Å². The third-order valence-corrected chi connectivity index (χ3v) is 7.57. The van der Waals surface area contributed by atoms with Crippen LogP contribution >= 0.6 is 0 Å². The van der Waals surface area contributed by atoms with Gasteiger partial charge in [0, 0.05) is 31.2 Å². The molecule has 3 aromatic heterocycles. The predicted octanol–water partition coefficient (Wildman–Crippen LogP) is 2.96. The van der Waals surface area contributed by atoms with E-state index in [9.17, 15) is 18.4 Å². The van der Waals surface area contributed by atoms with E-state index in [2.05, 4.69) is 26.0 Å². The third kappa shape index (κ3) is 4.56. The average Bonchev–Trinajstić information content (AvgIpc) is 3.23. The van der Waals surface area contributed by atoms with Gasteiger partial charge < -0.3 is 10.6 Å². The third-order valence-electron chi connectivity index (χ3n) is 7.57. The summed E-state index contributed by atoms with van der Waals surface area (Å²) in [5, 5.41) is 18.0. The number of fused-ring (bicyclic) bond motifs is 1. The molecule has 2 amide bonds. The van der Waals surface area contributed by atoms with Gasteiger partial charge in [-0.1, -0.05) is 5.16 Å². The van der Waals surface area contributed by atoms with Crippen molar-refractivity contribution in [3.05, 3.63) is 41.1 Å². The number of nitrogens with one attached hydrogen (secondary N) is 2. The first-order valence-corrected chi connectivity index (χ1v) is 12.5. The lowest BCUT2D eigenvalue weighted by Gasteiger charge is -2.33. The number of amides is 2. The Labute approximate surface area is 205 Å². The van der Waals surface area contributed by atoms with Gasteiger partial charge in [0.15, 0.2) is 11.3 Å². The van der Waals surface area contributed by atoms with Gasteiger partial charge in [-0.25, -0.2) is 22.9 Å². The first-order valence-electron chi connectivity index (χ1n) is 12.5. The van der Waals surface area contributed by atoms with E-state index in [-0.39, 0.29) is 55.0 Å². The Morgan fingerprint density at radius 1 is 1.22 bits per heavy atom. The molecular formula is C24H27F2N7O3. The zero-order valence-electron chi connectivity index (χ0n) is 19.6. The van der Waals surface area contributed by atoms with E-state index in [4.69, 9.17) is 9.61 Å². The highest BCUT2D eigenvalue weighted by Gasteiger charge is 2.40. The van der Waals surface area contributed by atoms with Crippen LogP contribution in [0.15, 0.2) is 23.1 Å². The number of halogens is 2. The smallest absolute Gasteiger partial charge is 0.276 e. The summed E-state index contributed by atoms with van der Waals surface area (Å²) in [4.78, 5) is 29.9. The second-order valence-corrected chi connectivity index (χ2v) is 10.2. The molecule has 1 saturated heterocycles. The van der Waals surface area contributed by atoms with Crippen LogP contribution in [-0.4, -0.2) is 49.2 Å². The molecule has 2 N–H and O–H groups in total. The van der Waals surface area contributed by atoms with Crippen molar-refractivity contribution >= 4 is 17.5 Å². The molecule has 3 fully saturated rings. The van der Waals surface area contributed by atoms with Crippen LogP contribution in [0.3, 0.4) is 0 Å². The molecule has 10 nitrogen and oxygen atoms in total. The summed E-state index contributed by atoms with van der Waals surface area (Å²) in [6.45, 7) is 0.679. The zero-order valence-corrected chi connectivity index (χ0v) is 19.6. The number of carbonyl (C=O) groups excluding carboxylic acids is 2. The maximum Gasteiger partial charge on any atom is 0.276 e. The number of aromatic nitrogens is 5. The number of imidazole rings is 1. The molecule has 190 valence electrons. The Hall–Kier alpha value is -3.44. The van der Waals surface area contributed by atoms with Crippen molar-refractivity contribution in [3.63, 3.8) is 0 Å². The topological polar surface area (TPSA) is 127 Å². The van der Waals surface area contributed by atoms with E-state index in [1.807, 2.05) is 6.07 Å². The first-order chi connectivity index (χ1) is 17.4. The van der Waals surface area contributed by atoms with E-state index in [0.717, 1.165) is 24.8 Å². The molecule has 0 aromatic carbocycles. The van der Waals surface area contributed by atoms with Gasteiger partial charge in [0.2, 0.25) is 11.8 Å². The quantitative estimate of drug-likeness (QED) is 0.512. The van der Waals surface area contributed by atoms with E-state index in [0.29, 0.717) is 30.0 Å². The van der Waals surface area contributed by atoms with Gasteiger partial charge in [-0.05, 0) is 61.2 Å². The molecule has 2 atom stereocenters. The lowest BCUT2D eigenvalue weighted by molar-refractivity contribution is -0.122. The summed E-state index contributed by atoms with van der Waals surface area (Å²) in [6.07, 6.45) is 6.69. The standard InChI is InChI=1S/C24H27F2N7O3/c25-24(26)6-3-15(4-7-24)19(30-23(35)21-20(14-1-2-14)31-36-32-21)17-12-33-18(29-17)10-13(11-28-33)9-16-5-8-27-22(16)34/h10-12,14-16,19H,1-9H2,(H,27,34)(H,30,35). The van der Waals surface area contributed by atoms with Crippen molar-refractivity contribution in [2.24, 2.45) is 11.8 Å². The van der Waals surface area contributed by atoms with Gasteiger partial charge in [-0.2, -0.15) is 5.10 Å². The fraction of sp³-hybridized carbons (Fsp3) is 0.583. The zero-order chi connectivity index (χ0) is 24.9. The van der Waals surface area contributed by atoms with Crippen LogP contribution in [0.4, 0.5) is 8.78 Å². The van der Waals surface area contributed by atoms with Crippen molar-refractivity contribution in [1.29, 1.82) is 0 Å². The van der Waals surface area contributed by atoms with Crippen molar-refractivity contribution in [2.45, 2.75) is 69.2 Å². The highest BCUT2D eigenvalue weighted by atomic mass is 19.3. The van der Waals surface area contributed by atoms with Crippen molar-refractivity contribution in [3.8, 4) is 0 Å². The molecular weight excluding hydrogens is 472 g/mol. The number of hydrogen-bond acceptors (Lipinski definition) is 7. The fourth-order valence-electron chi connectivity index (χ4n) is 5.34. The Morgan fingerprint density at radius 2 is 2.03 bits per heavy atom. The molecule has 36 heavy (non-hydrogen) atoms. The minimum absolute atomic E-state index is 0.0451. The summed E-state index contributed by atoms with van der Waals surface area (Å²) in [6, 6.07) is 1.28. The van der Waals surface area contributed by atoms with E-state index < -0.39 is 17.9 Å².